The fraction of sp³-hybridized carbons (Fsp3) is 0.722. The Balaban J connectivity index is 2.20. The molecule has 7 nitrogen and oxygen atoms in total. The van der Waals surface area contributed by atoms with Crippen LogP contribution in [0.25, 0.3) is 0 Å². The van der Waals surface area contributed by atoms with Gasteiger partial charge in [0.2, 0.25) is 0 Å². The van der Waals surface area contributed by atoms with Crippen molar-refractivity contribution in [3.8, 4) is 0 Å². The van der Waals surface area contributed by atoms with Crippen LogP contribution in [0, 0.1) is 6.92 Å². The van der Waals surface area contributed by atoms with E-state index in [1.54, 1.807) is 11.3 Å². The Labute approximate surface area is 161 Å². The molecule has 0 atom stereocenters. The van der Waals surface area contributed by atoms with Crippen LogP contribution in [0.4, 0.5) is 4.79 Å². The summed E-state index contributed by atoms with van der Waals surface area (Å²) in [6.07, 6.45) is 2.71. The van der Waals surface area contributed by atoms with Gasteiger partial charge in [0, 0.05) is 37.3 Å². The lowest BCUT2D eigenvalue weighted by Crippen LogP contribution is -2.42. The molecule has 0 unspecified atom stereocenters. The first kappa shape index (κ1) is 22.2. The van der Waals surface area contributed by atoms with Gasteiger partial charge in [-0.25, -0.2) is 9.78 Å². The molecule has 0 spiro atoms. The molecule has 0 aromatic carbocycles. The largest absolute Gasteiger partial charge is 0.444 e. The van der Waals surface area contributed by atoms with Crippen LogP contribution in [0.5, 0.6) is 0 Å². The zero-order chi connectivity index (χ0) is 19.4. The van der Waals surface area contributed by atoms with E-state index < -0.39 is 11.7 Å². The second-order valence-corrected chi connectivity index (χ2v) is 7.90. The fourth-order valence-electron chi connectivity index (χ4n) is 2.10. The zero-order valence-corrected chi connectivity index (χ0v) is 17.5. The number of aromatic nitrogens is 1. The predicted molar refractivity (Wildman–Crippen MR) is 108 cm³/mol. The maximum Gasteiger partial charge on any atom is 0.407 e. The van der Waals surface area contributed by atoms with Crippen molar-refractivity contribution in [3.63, 3.8) is 0 Å². The third-order valence-corrected chi connectivity index (χ3v) is 4.19. The molecule has 0 aliphatic carbocycles. The van der Waals surface area contributed by atoms with Gasteiger partial charge in [-0.2, -0.15) is 0 Å². The molecule has 0 aliphatic heterocycles. The smallest absolute Gasteiger partial charge is 0.407 e. The van der Waals surface area contributed by atoms with Crippen LogP contribution in [0.15, 0.2) is 10.4 Å². The summed E-state index contributed by atoms with van der Waals surface area (Å²) in [6, 6.07) is 0. The molecule has 0 fully saturated rings. The fourth-order valence-corrected chi connectivity index (χ4v) is 2.92. The van der Waals surface area contributed by atoms with E-state index in [-0.39, 0.29) is 0 Å². The standard InChI is InChI=1S/C18H33N5O2S/c1-6-19-16(21-11-12-22-17(24)25-18(3,4)5)20-10-8-7-9-15-23-14(2)13-26-15/h13H,6-12H2,1-5H3,(H,22,24)(H2,19,20,21). The monoisotopic (exact) mass is 383 g/mol. The van der Waals surface area contributed by atoms with Crippen LogP contribution in [0.3, 0.4) is 0 Å². The van der Waals surface area contributed by atoms with E-state index in [4.69, 9.17) is 4.74 Å². The number of aliphatic imine (C=N–C) groups is 1. The van der Waals surface area contributed by atoms with Crippen molar-refractivity contribution in [2.24, 2.45) is 4.99 Å². The van der Waals surface area contributed by atoms with Gasteiger partial charge < -0.3 is 20.7 Å². The van der Waals surface area contributed by atoms with Gasteiger partial charge >= 0.3 is 6.09 Å². The van der Waals surface area contributed by atoms with Gasteiger partial charge in [-0.1, -0.05) is 0 Å². The molecular formula is C18H33N5O2S. The summed E-state index contributed by atoms with van der Waals surface area (Å²) in [5.41, 5.74) is 0.618. The zero-order valence-electron chi connectivity index (χ0n) is 16.6. The SMILES string of the molecule is CCNC(=NCCCCc1nc(C)cs1)NCCNC(=O)OC(C)(C)C. The van der Waals surface area contributed by atoms with Crippen LogP contribution in [-0.4, -0.2) is 48.8 Å². The minimum atomic E-state index is -0.481. The summed E-state index contributed by atoms with van der Waals surface area (Å²) < 4.78 is 5.19. The molecule has 1 amide bonds. The van der Waals surface area contributed by atoms with E-state index in [0.717, 1.165) is 44.0 Å². The van der Waals surface area contributed by atoms with Crippen molar-refractivity contribution in [1.29, 1.82) is 0 Å². The predicted octanol–water partition coefficient (Wildman–Crippen LogP) is 2.85. The van der Waals surface area contributed by atoms with Crippen LogP contribution < -0.4 is 16.0 Å². The Morgan fingerprint density at radius 2 is 1.96 bits per heavy atom. The lowest BCUT2D eigenvalue weighted by atomic mass is 10.2. The topological polar surface area (TPSA) is 87.6 Å². The second-order valence-electron chi connectivity index (χ2n) is 6.96. The lowest BCUT2D eigenvalue weighted by Gasteiger charge is -2.19. The number of guanidine groups is 1. The number of hydrogen-bond acceptors (Lipinski definition) is 5. The summed E-state index contributed by atoms with van der Waals surface area (Å²) in [6.45, 7) is 12.2. The van der Waals surface area contributed by atoms with Gasteiger partial charge in [0.25, 0.3) is 0 Å². The number of unbranched alkanes of at least 4 members (excludes halogenated alkanes) is 1. The third-order valence-electron chi connectivity index (χ3n) is 3.17. The number of aryl methyl sites for hydroxylation is 2. The minimum Gasteiger partial charge on any atom is -0.444 e. The Hall–Kier alpha value is -1.83. The van der Waals surface area contributed by atoms with Gasteiger partial charge in [-0.3, -0.25) is 4.99 Å². The lowest BCUT2D eigenvalue weighted by molar-refractivity contribution is 0.0529. The number of amides is 1. The minimum absolute atomic E-state index is 0.404. The Morgan fingerprint density at radius 1 is 1.23 bits per heavy atom. The van der Waals surface area contributed by atoms with Crippen LogP contribution in [0.2, 0.25) is 0 Å². The van der Waals surface area contributed by atoms with E-state index in [0.29, 0.717) is 13.1 Å². The molecule has 0 saturated heterocycles. The van der Waals surface area contributed by atoms with Crippen LogP contribution in [-0.2, 0) is 11.2 Å². The van der Waals surface area contributed by atoms with E-state index in [1.807, 2.05) is 34.6 Å². The van der Waals surface area contributed by atoms with Crippen LogP contribution in [0.1, 0.15) is 51.2 Å². The highest BCUT2D eigenvalue weighted by atomic mass is 32.1. The first-order valence-corrected chi connectivity index (χ1v) is 10.1. The molecule has 8 heteroatoms. The Morgan fingerprint density at radius 3 is 2.58 bits per heavy atom. The van der Waals surface area contributed by atoms with Crippen molar-refractivity contribution in [2.45, 2.75) is 59.5 Å². The van der Waals surface area contributed by atoms with Gasteiger partial charge in [0.1, 0.15) is 5.60 Å². The van der Waals surface area contributed by atoms with Crippen molar-refractivity contribution >= 4 is 23.4 Å². The van der Waals surface area contributed by atoms with Crippen molar-refractivity contribution < 1.29 is 9.53 Å². The van der Waals surface area contributed by atoms with Gasteiger partial charge in [-0.05, 0) is 53.9 Å². The third kappa shape index (κ3) is 10.9. The van der Waals surface area contributed by atoms with Crippen molar-refractivity contribution in [1.82, 2.24) is 20.9 Å². The van der Waals surface area contributed by atoms with Crippen molar-refractivity contribution in [3.05, 3.63) is 16.1 Å². The number of nitrogens with zero attached hydrogens (tertiary/aromatic N) is 2. The van der Waals surface area contributed by atoms with Crippen molar-refractivity contribution in [2.75, 3.05) is 26.2 Å². The quantitative estimate of drug-likeness (QED) is 0.347. The Kier molecular flexibility index (Phi) is 10.0. The number of nitrogens with one attached hydrogen (secondary N) is 3. The first-order valence-electron chi connectivity index (χ1n) is 9.20. The summed E-state index contributed by atoms with van der Waals surface area (Å²) in [7, 11) is 0. The van der Waals surface area contributed by atoms with E-state index in [2.05, 4.69) is 31.3 Å². The maximum atomic E-state index is 11.6. The van der Waals surface area contributed by atoms with E-state index in [9.17, 15) is 4.79 Å². The van der Waals surface area contributed by atoms with Gasteiger partial charge in [-0.15, -0.1) is 11.3 Å². The molecule has 3 N–H and O–H groups in total. The molecule has 0 bridgehead atoms. The van der Waals surface area contributed by atoms with E-state index >= 15 is 0 Å². The van der Waals surface area contributed by atoms with Crippen LogP contribution >= 0.6 is 11.3 Å². The number of alkyl carbamates (subject to hydrolysis) is 1. The molecule has 1 rings (SSSR count). The molecule has 1 aromatic rings. The maximum absolute atomic E-state index is 11.6. The number of carbonyl (C=O) groups excluding carboxylic acids is 1. The molecule has 1 heterocycles. The molecule has 26 heavy (non-hydrogen) atoms. The molecule has 1 aromatic heterocycles. The Bertz CT molecular complexity index is 566. The highest BCUT2D eigenvalue weighted by Crippen LogP contribution is 2.11. The number of ether oxygens (including phenoxy) is 1. The average Bonchev–Trinajstić information content (AvgIpc) is 2.94. The second kappa shape index (κ2) is 11.7. The molecule has 0 aliphatic rings. The molecular weight excluding hydrogens is 350 g/mol. The van der Waals surface area contributed by atoms with Gasteiger partial charge in [0.15, 0.2) is 5.96 Å². The number of rotatable bonds is 9. The number of carbonyl (C=O) groups is 1. The normalized spacial score (nSPS) is 12.0. The highest BCUT2D eigenvalue weighted by molar-refractivity contribution is 7.09. The molecule has 148 valence electrons. The van der Waals surface area contributed by atoms with Gasteiger partial charge in [0.05, 0.1) is 5.01 Å². The van der Waals surface area contributed by atoms with E-state index in [1.165, 1.54) is 5.01 Å². The molecule has 0 radical (unpaired) electrons. The summed E-state index contributed by atoms with van der Waals surface area (Å²) in [4.78, 5) is 20.6. The highest BCUT2D eigenvalue weighted by Gasteiger charge is 2.15. The summed E-state index contributed by atoms with van der Waals surface area (Å²) in [5.74, 6) is 0.767. The number of hydrogen-bond donors (Lipinski definition) is 3. The number of thiazole rings is 1. The summed E-state index contributed by atoms with van der Waals surface area (Å²) >= 11 is 1.72. The first-order chi connectivity index (χ1) is 12.3. The molecule has 0 saturated carbocycles. The average molecular weight is 384 g/mol. The summed E-state index contributed by atoms with van der Waals surface area (Å²) in [5, 5.41) is 12.4.